The molecule has 0 bridgehead atoms. The average Bonchev–Trinajstić information content (AvgIpc) is 3.10. The molecule has 0 atom stereocenters. The van der Waals surface area contributed by atoms with Gasteiger partial charge in [-0.3, -0.25) is 4.57 Å². The third kappa shape index (κ3) is 8.27. The van der Waals surface area contributed by atoms with Crippen LogP contribution in [0.1, 0.15) is 20.8 Å². The highest BCUT2D eigenvalue weighted by Crippen LogP contribution is 2.19. The van der Waals surface area contributed by atoms with Crippen molar-refractivity contribution in [3.05, 3.63) is 36.7 Å². The standard InChI is InChI=1S/C13H16N2O2.2BH2O2/c1-13(2,3)17-12(16)15-9-5-7-11(15)10-6-4-8-14-10;2*2-1-3/h4-9,14H,1-3H3;2*2-3H. The number of aromatic nitrogens is 2. The summed E-state index contributed by atoms with van der Waals surface area (Å²) < 4.78 is 6.83. The summed E-state index contributed by atoms with van der Waals surface area (Å²) in [5.41, 5.74) is 1.19. The quantitative estimate of drug-likeness (QED) is 0.480. The summed E-state index contributed by atoms with van der Waals surface area (Å²) in [6.07, 6.45) is 3.15. The Morgan fingerprint density at radius 2 is 1.70 bits per heavy atom. The van der Waals surface area contributed by atoms with Gasteiger partial charge >= 0.3 is 21.5 Å². The lowest BCUT2D eigenvalue weighted by atomic mass is 10.2. The molecule has 0 aliphatic heterocycles. The number of H-pyrrole nitrogens is 1. The second kappa shape index (κ2) is 10.7. The van der Waals surface area contributed by atoms with Gasteiger partial charge in [0, 0.05) is 12.4 Å². The fourth-order valence-corrected chi connectivity index (χ4v) is 1.56. The van der Waals surface area contributed by atoms with E-state index in [4.69, 9.17) is 24.8 Å². The molecule has 2 heterocycles. The Hall–Kier alpha value is -2.00. The number of aromatic amines is 1. The maximum Gasteiger partial charge on any atom is 0.482 e. The van der Waals surface area contributed by atoms with Gasteiger partial charge in [-0.15, -0.1) is 0 Å². The molecule has 2 aromatic heterocycles. The molecule has 0 amide bonds. The molecule has 10 heteroatoms. The summed E-state index contributed by atoms with van der Waals surface area (Å²) >= 11 is 0. The van der Waals surface area contributed by atoms with E-state index in [0.29, 0.717) is 0 Å². The molecular weight excluding hydrogens is 302 g/mol. The maximum absolute atomic E-state index is 12.0. The summed E-state index contributed by atoms with van der Waals surface area (Å²) in [6.45, 7) is 5.55. The fraction of sp³-hybridized carbons (Fsp3) is 0.308. The zero-order valence-electron chi connectivity index (χ0n) is 13.2. The third-order valence-electron chi connectivity index (χ3n) is 2.21. The first kappa shape index (κ1) is 21.0. The molecule has 2 radical (unpaired) electrons. The predicted molar refractivity (Wildman–Crippen MR) is 86.2 cm³/mol. The van der Waals surface area contributed by atoms with Crippen LogP contribution < -0.4 is 0 Å². The monoisotopic (exact) mass is 322 g/mol. The molecule has 0 spiro atoms. The maximum atomic E-state index is 12.0. The van der Waals surface area contributed by atoms with Crippen molar-refractivity contribution in [2.75, 3.05) is 0 Å². The molecule has 0 aromatic carbocycles. The van der Waals surface area contributed by atoms with Crippen molar-refractivity contribution in [3.8, 4) is 11.4 Å². The number of carbonyl (C=O) groups excluding carboxylic acids is 1. The average molecular weight is 322 g/mol. The van der Waals surface area contributed by atoms with Crippen molar-refractivity contribution in [1.29, 1.82) is 0 Å². The lowest BCUT2D eigenvalue weighted by molar-refractivity contribution is 0.0540. The number of rotatable bonds is 1. The second-order valence-electron chi connectivity index (χ2n) is 5.06. The number of hydrogen-bond donors (Lipinski definition) is 5. The molecule has 0 unspecified atom stereocenters. The first-order valence-corrected chi connectivity index (χ1v) is 6.55. The molecule has 2 rings (SSSR count). The van der Waals surface area contributed by atoms with E-state index in [-0.39, 0.29) is 21.5 Å². The van der Waals surface area contributed by atoms with Crippen molar-refractivity contribution in [3.63, 3.8) is 0 Å². The van der Waals surface area contributed by atoms with Gasteiger partial charge in [0.25, 0.3) is 0 Å². The van der Waals surface area contributed by atoms with E-state index < -0.39 is 5.60 Å². The van der Waals surface area contributed by atoms with Crippen LogP contribution in [0.3, 0.4) is 0 Å². The van der Waals surface area contributed by atoms with E-state index in [9.17, 15) is 4.79 Å². The van der Waals surface area contributed by atoms with Crippen molar-refractivity contribution in [2.24, 2.45) is 0 Å². The Kier molecular flexibility index (Phi) is 9.75. The number of ether oxygens (including phenoxy) is 1. The van der Waals surface area contributed by atoms with E-state index >= 15 is 0 Å². The fourth-order valence-electron chi connectivity index (χ4n) is 1.56. The van der Waals surface area contributed by atoms with Gasteiger partial charge < -0.3 is 29.8 Å². The number of carbonyl (C=O) groups is 1. The van der Waals surface area contributed by atoms with Gasteiger partial charge in [0.05, 0.1) is 11.4 Å². The Labute approximate surface area is 136 Å². The van der Waals surface area contributed by atoms with Gasteiger partial charge in [-0.05, 0) is 45.0 Å². The SMILES string of the molecule is CC(C)(C)OC(=O)n1cccc1-c1ccc[nH]1.O[B]O.O[B]O. The Balaban J connectivity index is 0.000000704. The van der Waals surface area contributed by atoms with Gasteiger partial charge in [-0.25, -0.2) is 4.79 Å². The number of nitrogens with one attached hydrogen (secondary N) is 1. The van der Waals surface area contributed by atoms with Gasteiger partial charge in [0.2, 0.25) is 0 Å². The highest BCUT2D eigenvalue weighted by atomic mass is 16.6. The molecule has 8 nitrogen and oxygen atoms in total. The van der Waals surface area contributed by atoms with Crippen LogP contribution in [0.25, 0.3) is 11.4 Å². The minimum Gasteiger partial charge on any atom is -0.443 e. The molecule has 5 N–H and O–H groups in total. The zero-order valence-corrected chi connectivity index (χ0v) is 13.2. The first-order valence-electron chi connectivity index (χ1n) is 6.55. The van der Waals surface area contributed by atoms with Crippen LogP contribution in [0, 0.1) is 0 Å². The van der Waals surface area contributed by atoms with Crippen LogP contribution in [0.2, 0.25) is 0 Å². The second-order valence-corrected chi connectivity index (χ2v) is 5.06. The van der Waals surface area contributed by atoms with Crippen molar-refractivity contribution >= 4 is 21.5 Å². The van der Waals surface area contributed by atoms with Crippen LogP contribution in [0.5, 0.6) is 0 Å². The molecule has 0 saturated heterocycles. The number of nitrogens with zero attached hydrogens (tertiary/aromatic N) is 1. The molecule has 0 saturated carbocycles. The summed E-state index contributed by atoms with van der Waals surface area (Å²) in [5, 5.41) is 28.0. The van der Waals surface area contributed by atoms with Crippen molar-refractivity contribution in [1.82, 2.24) is 9.55 Å². The van der Waals surface area contributed by atoms with Crippen LogP contribution in [-0.4, -0.2) is 56.7 Å². The summed E-state index contributed by atoms with van der Waals surface area (Å²) in [6, 6.07) is 7.49. The molecule has 0 aliphatic rings. The third-order valence-corrected chi connectivity index (χ3v) is 2.21. The van der Waals surface area contributed by atoms with E-state index in [1.165, 1.54) is 4.57 Å². The molecule has 0 fully saturated rings. The highest BCUT2D eigenvalue weighted by molar-refractivity contribution is 6.13. The molecule has 23 heavy (non-hydrogen) atoms. The van der Waals surface area contributed by atoms with Crippen LogP contribution in [0.15, 0.2) is 36.7 Å². The van der Waals surface area contributed by atoms with Crippen LogP contribution >= 0.6 is 0 Å². The van der Waals surface area contributed by atoms with E-state index in [0.717, 1.165) is 11.4 Å². The molecule has 124 valence electrons. The highest BCUT2D eigenvalue weighted by Gasteiger charge is 2.19. The first-order chi connectivity index (χ1) is 10.8. The minimum absolute atomic E-state index is 0. The van der Waals surface area contributed by atoms with Crippen molar-refractivity contribution < 1.29 is 29.6 Å². The van der Waals surface area contributed by atoms with E-state index in [2.05, 4.69) is 4.98 Å². The predicted octanol–water partition coefficient (Wildman–Crippen LogP) is 0.277. The zero-order chi connectivity index (χ0) is 17.9. The smallest absolute Gasteiger partial charge is 0.443 e. The molecular formula is C13H20B2N2O6. The summed E-state index contributed by atoms with van der Waals surface area (Å²) in [7, 11) is 0. The van der Waals surface area contributed by atoms with Gasteiger partial charge in [0.1, 0.15) is 5.60 Å². The van der Waals surface area contributed by atoms with Crippen molar-refractivity contribution in [2.45, 2.75) is 26.4 Å². The van der Waals surface area contributed by atoms with Gasteiger partial charge in [-0.1, -0.05) is 0 Å². The lowest BCUT2D eigenvalue weighted by Gasteiger charge is -2.20. The topological polar surface area (TPSA) is 128 Å². The summed E-state index contributed by atoms with van der Waals surface area (Å²) in [5.74, 6) is 0. The normalized spacial score (nSPS) is 9.70. The number of hydrogen-bond acceptors (Lipinski definition) is 6. The van der Waals surface area contributed by atoms with Gasteiger partial charge in [0.15, 0.2) is 0 Å². The van der Waals surface area contributed by atoms with E-state index in [1.54, 1.807) is 6.20 Å². The molecule has 2 aromatic rings. The Bertz CT molecular complexity index is 549. The molecule has 0 aliphatic carbocycles. The Morgan fingerprint density at radius 1 is 1.13 bits per heavy atom. The van der Waals surface area contributed by atoms with Gasteiger partial charge in [-0.2, -0.15) is 0 Å². The van der Waals surface area contributed by atoms with Crippen LogP contribution in [-0.2, 0) is 4.74 Å². The summed E-state index contributed by atoms with van der Waals surface area (Å²) in [4.78, 5) is 15.0. The largest absolute Gasteiger partial charge is 0.482 e. The van der Waals surface area contributed by atoms with E-state index in [1.807, 2.05) is 51.2 Å². The minimum atomic E-state index is -0.492. The van der Waals surface area contributed by atoms with Crippen LogP contribution in [0.4, 0.5) is 4.79 Å². The lowest BCUT2D eigenvalue weighted by Crippen LogP contribution is -2.27. The Morgan fingerprint density at radius 3 is 2.13 bits per heavy atom.